The number of aromatic nitrogens is 2. The molecule has 0 fully saturated rings. The van der Waals surface area contributed by atoms with Gasteiger partial charge in [0.15, 0.2) is 0 Å². The third-order valence-corrected chi connectivity index (χ3v) is 4.96. The maximum absolute atomic E-state index is 11.7. The van der Waals surface area contributed by atoms with Crippen molar-refractivity contribution in [1.82, 2.24) is 15.1 Å². The first-order valence-electron chi connectivity index (χ1n) is 10.5. The minimum Gasteiger partial charge on any atom is -0.487 e. The standard InChI is InChI=1S/C22H30N4O6/c1-22(2,3)31-21(29)24-9-4-10-26-13-16(12-25-26)14-5-7-17-15(11-14)6-8-18(30-17)19(32-23)20(27)28/h5,7,11-13,18-19H,4,6,8-10,23H2,1-3H3,(H,24,29)(H,27,28). The number of carboxylic acids is 1. The number of hydrogen-bond donors (Lipinski definition) is 3. The summed E-state index contributed by atoms with van der Waals surface area (Å²) in [5, 5.41) is 16.3. The number of benzene rings is 1. The summed E-state index contributed by atoms with van der Waals surface area (Å²) in [6, 6.07) is 5.76. The van der Waals surface area contributed by atoms with Crippen LogP contribution in [0.1, 0.15) is 39.2 Å². The fourth-order valence-corrected chi connectivity index (χ4v) is 3.49. The highest BCUT2D eigenvalue weighted by atomic mass is 16.7. The average molecular weight is 447 g/mol. The van der Waals surface area contributed by atoms with Gasteiger partial charge in [-0.05, 0) is 63.3 Å². The van der Waals surface area contributed by atoms with Crippen molar-refractivity contribution in [1.29, 1.82) is 0 Å². The Bertz CT molecular complexity index is 952. The number of fused-ring (bicyclic) bond motifs is 1. The molecule has 2 unspecified atom stereocenters. The Labute approximate surface area is 186 Å². The molecule has 10 nitrogen and oxygen atoms in total. The maximum Gasteiger partial charge on any atom is 0.407 e. The van der Waals surface area contributed by atoms with Crippen LogP contribution in [0.4, 0.5) is 4.79 Å². The van der Waals surface area contributed by atoms with Gasteiger partial charge in [0.25, 0.3) is 0 Å². The Balaban J connectivity index is 1.54. The van der Waals surface area contributed by atoms with Crippen molar-refractivity contribution in [2.45, 2.75) is 64.4 Å². The fourth-order valence-electron chi connectivity index (χ4n) is 3.49. The SMILES string of the molecule is CC(C)(C)OC(=O)NCCCn1cc(-c2ccc3c(c2)CCC(C(ON)C(=O)O)O3)cn1. The summed E-state index contributed by atoms with van der Waals surface area (Å²) in [7, 11) is 0. The van der Waals surface area contributed by atoms with Gasteiger partial charge >= 0.3 is 12.1 Å². The van der Waals surface area contributed by atoms with E-state index < -0.39 is 29.9 Å². The zero-order chi connectivity index (χ0) is 23.3. The number of nitrogens with one attached hydrogen (secondary N) is 1. The van der Waals surface area contributed by atoms with Crippen molar-refractivity contribution in [3.05, 3.63) is 36.2 Å². The van der Waals surface area contributed by atoms with E-state index in [1.807, 2.05) is 49.8 Å². The second-order valence-electron chi connectivity index (χ2n) is 8.69. The lowest BCUT2D eigenvalue weighted by atomic mass is 9.96. The van der Waals surface area contributed by atoms with Crippen molar-refractivity contribution in [3.63, 3.8) is 0 Å². The summed E-state index contributed by atoms with van der Waals surface area (Å²) < 4.78 is 12.8. The quantitative estimate of drug-likeness (QED) is 0.415. The lowest BCUT2D eigenvalue weighted by Gasteiger charge is -2.29. The molecule has 1 aromatic carbocycles. The van der Waals surface area contributed by atoms with Gasteiger partial charge in [0, 0.05) is 24.8 Å². The Morgan fingerprint density at radius 3 is 2.84 bits per heavy atom. The molecular weight excluding hydrogens is 416 g/mol. The zero-order valence-corrected chi connectivity index (χ0v) is 18.5. The molecule has 0 aliphatic carbocycles. The van der Waals surface area contributed by atoms with Gasteiger partial charge in [0.05, 0.1) is 6.20 Å². The van der Waals surface area contributed by atoms with Crippen LogP contribution in [0, 0.1) is 0 Å². The first kappa shape index (κ1) is 23.6. The Morgan fingerprint density at radius 1 is 1.38 bits per heavy atom. The Morgan fingerprint density at radius 2 is 2.16 bits per heavy atom. The van der Waals surface area contributed by atoms with E-state index in [0.717, 1.165) is 16.7 Å². The number of rotatable bonds is 8. The molecule has 2 atom stereocenters. The van der Waals surface area contributed by atoms with Crippen molar-refractivity contribution >= 4 is 12.1 Å². The molecule has 0 bridgehead atoms. The van der Waals surface area contributed by atoms with Crippen molar-refractivity contribution in [2.24, 2.45) is 5.90 Å². The molecule has 0 spiro atoms. The molecule has 4 N–H and O–H groups in total. The van der Waals surface area contributed by atoms with E-state index in [-0.39, 0.29) is 0 Å². The van der Waals surface area contributed by atoms with Gasteiger partial charge in [-0.1, -0.05) is 6.07 Å². The smallest absolute Gasteiger partial charge is 0.407 e. The Kier molecular flexibility index (Phi) is 7.37. The summed E-state index contributed by atoms with van der Waals surface area (Å²) in [5.74, 6) is 4.60. The van der Waals surface area contributed by atoms with Crippen LogP contribution in [0.15, 0.2) is 30.6 Å². The number of ether oxygens (including phenoxy) is 2. The van der Waals surface area contributed by atoms with E-state index >= 15 is 0 Å². The predicted octanol–water partition coefficient (Wildman–Crippen LogP) is 2.50. The fraction of sp³-hybridized carbons (Fsp3) is 0.500. The van der Waals surface area contributed by atoms with E-state index in [0.29, 0.717) is 38.1 Å². The van der Waals surface area contributed by atoms with Gasteiger partial charge in [-0.15, -0.1) is 0 Å². The van der Waals surface area contributed by atoms with Crippen LogP contribution in [0.25, 0.3) is 11.1 Å². The maximum atomic E-state index is 11.7. The number of nitrogens with two attached hydrogens (primary N) is 1. The summed E-state index contributed by atoms with van der Waals surface area (Å²) in [4.78, 5) is 27.5. The van der Waals surface area contributed by atoms with E-state index in [1.54, 1.807) is 6.20 Å². The number of hydrogen-bond acceptors (Lipinski definition) is 7. The largest absolute Gasteiger partial charge is 0.487 e. The van der Waals surface area contributed by atoms with Crippen molar-refractivity contribution in [2.75, 3.05) is 6.54 Å². The van der Waals surface area contributed by atoms with Crippen LogP contribution in [0.2, 0.25) is 0 Å². The number of carbonyl (C=O) groups excluding carboxylic acids is 1. The van der Waals surface area contributed by atoms with Crippen LogP contribution in [-0.4, -0.2) is 51.3 Å². The predicted molar refractivity (Wildman–Crippen MR) is 116 cm³/mol. The van der Waals surface area contributed by atoms with Gasteiger partial charge in [-0.3, -0.25) is 9.52 Å². The zero-order valence-electron chi connectivity index (χ0n) is 18.5. The number of aliphatic carboxylic acids is 1. The van der Waals surface area contributed by atoms with Crippen LogP contribution in [0.5, 0.6) is 5.75 Å². The second-order valence-corrected chi connectivity index (χ2v) is 8.69. The topological polar surface area (TPSA) is 138 Å². The lowest BCUT2D eigenvalue weighted by Crippen LogP contribution is -2.43. The number of carboxylic acid groups (broad SMARTS) is 1. The van der Waals surface area contributed by atoms with Gasteiger partial charge < -0.3 is 19.9 Å². The van der Waals surface area contributed by atoms with Gasteiger partial charge in [0.2, 0.25) is 6.10 Å². The van der Waals surface area contributed by atoms with Crippen LogP contribution in [0.3, 0.4) is 0 Å². The molecule has 174 valence electrons. The minimum absolute atomic E-state index is 0.426. The minimum atomic E-state index is -1.20. The second kappa shape index (κ2) is 10.0. The average Bonchev–Trinajstić information content (AvgIpc) is 3.19. The summed E-state index contributed by atoms with van der Waals surface area (Å²) in [5.41, 5.74) is 2.43. The van der Waals surface area contributed by atoms with Crippen LogP contribution in [-0.2, 0) is 27.3 Å². The molecule has 1 aliphatic rings. The molecule has 1 amide bonds. The number of aryl methyl sites for hydroxylation is 2. The molecule has 32 heavy (non-hydrogen) atoms. The third kappa shape index (κ3) is 6.21. The lowest BCUT2D eigenvalue weighted by molar-refractivity contribution is -0.158. The van der Waals surface area contributed by atoms with Gasteiger partial charge in [0.1, 0.15) is 17.5 Å². The molecule has 0 radical (unpaired) electrons. The monoisotopic (exact) mass is 446 g/mol. The molecule has 1 aliphatic heterocycles. The van der Waals surface area contributed by atoms with Gasteiger partial charge in [-0.25, -0.2) is 15.5 Å². The van der Waals surface area contributed by atoms with Gasteiger partial charge in [-0.2, -0.15) is 5.10 Å². The van der Waals surface area contributed by atoms with Crippen LogP contribution < -0.4 is 16.0 Å². The first-order valence-corrected chi connectivity index (χ1v) is 10.5. The molecule has 0 saturated heterocycles. The molecule has 2 heterocycles. The van der Waals surface area contributed by atoms with E-state index in [1.165, 1.54) is 0 Å². The molecule has 2 aromatic rings. The molecular formula is C22H30N4O6. The normalized spacial score (nSPS) is 16.6. The highest BCUT2D eigenvalue weighted by Gasteiger charge is 2.33. The highest BCUT2D eigenvalue weighted by Crippen LogP contribution is 2.33. The number of carbonyl (C=O) groups is 2. The highest BCUT2D eigenvalue weighted by molar-refractivity contribution is 5.73. The number of nitrogens with zero attached hydrogens (tertiary/aromatic N) is 2. The molecule has 3 rings (SSSR count). The summed E-state index contributed by atoms with van der Waals surface area (Å²) in [6.07, 6.45) is 3.35. The van der Waals surface area contributed by atoms with Crippen LogP contribution >= 0.6 is 0 Å². The van der Waals surface area contributed by atoms with Crippen molar-refractivity contribution in [3.8, 4) is 16.9 Å². The third-order valence-electron chi connectivity index (χ3n) is 4.96. The molecule has 0 saturated carbocycles. The first-order chi connectivity index (χ1) is 15.2. The number of amides is 1. The van der Waals surface area contributed by atoms with E-state index in [9.17, 15) is 14.7 Å². The Hall–Kier alpha value is -3.11. The number of alkyl carbamates (subject to hydrolysis) is 1. The summed E-state index contributed by atoms with van der Waals surface area (Å²) in [6.45, 7) is 6.62. The molecule has 1 aromatic heterocycles. The molecule has 10 heteroatoms. The summed E-state index contributed by atoms with van der Waals surface area (Å²) >= 11 is 0. The van der Waals surface area contributed by atoms with E-state index in [4.69, 9.17) is 15.4 Å². The van der Waals surface area contributed by atoms with Crippen molar-refractivity contribution < 1.29 is 29.0 Å². The van der Waals surface area contributed by atoms with E-state index in [2.05, 4.69) is 15.3 Å².